The average molecular weight is 279 g/mol. The number of hydrogen-bond donors (Lipinski definition) is 0. The Morgan fingerprint density at radius 3 is 2.47 bits per heavy atom. The summed E-state index contributed by atoms with van der Waals surface area (Å²) in [6, 6.07) is 11.3. The van der Waals surface area contributed by atoms with Gasteiger partial charge in [0.15, 0.2) is 17.3 Å². The lowest BCUT2D eigenvalue weighted by Crippen LogP contribution is -1.99. The molecule has 0 aliphatic carbocycles. The van der Waals surface area contributed by atoms with Gasteiger partial charge in [0, 0.05) is 10.6 Å². The van der Waals surface area contributed by atoms with Gasteiger partial charge in [0.1, 0.15) is 6.61 Å². The Morgan fingerprint density at radius 1 is 1.21 bits per heavy atom. The molecule has 2 aromatic carbocycles. The summed E-state index contributed by atoms with van der Waals surface area (Å²) in [5, 5.41) is 0.640. The van der Waals surface area contributed by atoms with Crippen molar-refractivity contribution < 1.29 is 13.9 Å². The number of hydrogen-bond acceptors (Lipinski definition) is 2. The van der Waals surface area contributed by atoms with Gasteiger partial charge in [-0.05, 0) is 42.8 Å². The molecule has 2 aromatic rings. The fourth-order valence-electron chi connectivity index (χ4n) is 1.58. The average Bonchev–Trinajstić information content (AvgIpc) is 2.39. The predicted molar refractivity (Wildman–Crippen MR) is 72.2 cm³/mol. The highest BCUT2D eigenvalue weighted by molar-refractivity contribution is 6.30. The molecule has 0 aromatic heterocycles. The minimum absolute atomic E-state index is 0.125. The van der Waals surface area contributed by atoms with Gasteiger partial charge in [0.05, 0.1) is 0 Å². The molecular formula is C15H12ClFO2. The Kier molecular flexibility index (Phi) is 4.17. The van der Waals surface area contributed by atoms with Gasteiger partial charge in [0.25, 0.3) is 0 Å². The lowest BCUT2D eigenvalue weighted by Gasteiger charge is -2.08. The van der Waals surface area contributed by atoms with Gasteiger partial charge in [0.2, 0.25) is 0 Å². The van der Waals surface area contributed by atoms with Crippen LogP contribution in [-0.2, 0) is 6.61 Å². The maximum Gasteiger partial charge on any atom is 0.165 e. The van der Waals surface area contributed by atoms with Crippen LogP contribution >= 0.6 is 11.6 Å². The number of ether oxygens (including phenoxy) is 1. The van der Waals surface area contributed by atoms with E-state index < -0.39 is 5.82 Å². The Balaban J connectivity index is 2.07. The minimum atomic E-state index is -0.540. The molecule has 98 valence electrons. The molecule has 0 aliphatic rings. The Hall–Kier alpha value is -1.87. The van der Waals surface area contributed by atoms with Crippen molar-refractivity contribution in [2.45, 2.75) is 13.5 Å². The third-order valence-corrected chi connectivity index (χ3v) is 2.90. The van der Waals surface area contributed by atoms with Crippen LogP contribution in [-0.4, -0.2) is 5.78 Å². The summed E-state index contributed by atoms with van der Waals surface area (Å²) in [5.74, 6) is -0.593. The standard InChI is InChI=1S/C15H12ClFO2/c1-10(18)12-4-7-15(14(17)8-12)19-9-11-2-5-13(16)6-3-11/h2-8H,9H2,1H3. The minimum Gasteiger partial charge on any atom is -0.486 e. The largest absolute Gasteiger partial charge is 0.486 e. The Labute approximate surface area is 115 Å². The van der Waals surface area contributed by atoms with E-state index in [1.165, 1.54) is 19.1 Å². The van der Waals surface area contributed by atoms with Crippen molar-refractivity contribution in [1.29, 1.82) is 0 Å². The van der Waals surface area contributed by atoms with Gasteiger partial charge < -0.3 is 4.74 Å². The SMILES string of the molecule is CC(=O)c1ccc(OCc2ccc(Cl)cc2)c(F)c1. The summed E-state index contributed by atoms with van der Waals surface area (Å²) in [7, 11) is 0. The topological polar surface area (TPSA) is 26.3 Å². The third-order valence-electron chi connectivity index (χ3n) is 2.65. The predicted octanol–water partition coefficient (Wildman–Crippen LogP) is 4.26. The van der Waals surface area contributed by atoms with Crippen LogP contribution in [0.25, 0.3) is 0 Å². The second-order valence-electron chi connectivity index (χ2n) is 4.12. The summed E-state index contributed by atoms with van der Waals surface area (Å²) >= 11 is 5.77. The number of ketones is 1. The fourth-order valence-corrected chi connectivity index (χ4v) is 1.70. The lowest BCUT2D eigenvalue weighted by molar-refractivity contribution is 0.101. The number of Topliss-reactive ketones (excluding diaryl/α,β-unsaturated/α-hetero) is 1. The molecular weight excluding hydrogens is 267 g/mol. The molecule has 0 bridgehead atoms. The summed E-state index contributed by atoms with van der Waals surface area (Å²) in [5.41, 5.74) is 1.22. The van der Waals surface area contributed by atoms with E-state index in [9.17, 15) is 9.18 Å². The molecule has 0 aliphatic heterocycles. The van der Waals surface area contributed by atoms with Crippen molar-refractivity contribution in [2.75, 3.05) is 0 Å². The smallest absolute Gasteiger partial charge is 0.165 e. The van der Waals surface area contributed by atoms with Gasteiger partial charge in [-0.25, -0.2) is 4.39 Å². The quantitative estimate of drug-likeness (QED) is 0.781. The number of benzene rings is 2. The fraction of sp³-hybridized carbons (Fsp3) is 0.133. The van der Waals surface area contributed by atoms with Gasteiger partial charge in [-0.3, -0.25) is 4.79 Å². The zero-order valence-corrected chi connectivity index (χ0v) is 11.1. The highest BCUT2D eigenvalue weighted by Crippen LogP contribution is 2.20. The van der Waals surface area contributed by atoms with Crippen LogP contribution in [0, 0.1) is 5.82 Å². The first-order valence-electron chi connectivity index (χ1n) is 5.74. The molecule has 19 heavy (non-hydrogen) atoms. The molecule has 0 saturated heterocycles. The van der Waals surface area contributed by atoms with Gasteiger partial charge in [-0.1, -0.05) is 23.7 Å². The van der Waals surface area contributed by atoms with Gasteiger partial charge in [-0.15, -0.1) is 0 Å². The molecule has 0 radical (unpaired) electrons. The maximum atomic E-state index is 13.7. The highest BCUT2D eigenvalue weighted by atomic mass is 35.5. The van der Waals surface area contributed by atoms with Crippen molar-refractivity contribution in [2.24, 2.45) is 0 Å². The van der Waals surface area contributed by atoms with E-state index in [4.69, 9.17) is 16.3 Å². The van der Waals surface area contributed by atoms with E-state index in [1.54, 1.807) is 18.2 Å². The summed E-state index contributed by atoms with van der Waals surface area (Å²) < 4.78 is 19.0. The van der Waals surface area contributed by atoms with Crippen molar-refractivity contribution in [1.82, 2.24) is 0 Å². The lowest BCUT2D eigenvalue weighted by atomic mass is 10.1. The second kappa shape index (κ2) is 5.85. The van der Waals surface area contributed by atoms with E-state index in [-0.39, 0.29) is 18.1 Å². The Bertz CT molecular complexity index is 594. The first kappa shape index (κ1) is 13.6. The number of rotatable bonds is 4. The van der Waals surface area contributed by atoms with E-state index in [0.29, 0.717) is 10.6 Å². The van der Waals surface area contributed by atoms with Crippen LogP contribution in [0.3, 0.4) is 0 Å². The van der Waals surface area contributed by atoms with Crippen molar-refractivity contribution in [3.05, 3.63) is 64.4 Å². The molecule has 2 rings (SSSR count). The van der Waals surface area contributed by atoms with Crippen molar-refractivity contribution >= 4 is 17.4 Å². The van der Waals surface area contributed by atoms with E-state index in [2.05, 4.69) is 0 Å². The third kappa shape index (κ3) is 3.55. The van der Waals surface area contributed by atoms with Gasteiger partial charge >= 0.3 is 0 Å². The molecule has 0 atom stereocenters. The zero-order chi connectivity index (χ0) is 13.8. The van der Waals surface area contributed by atoms with Gasteiger partial charge in [-0.2, -0.15) is 0 Å². The Morgan fingerprint density at radius 2 is 1.89 bits per heavy atom. The molecule has 0 unspecified atom stereocenters. The van der Waals surface area contributed by atoms with Crippen LogP contribution in [0.15, 0.2) is 42.5 Å². The number of halogens is 2. The first-order chi connectivity index (χ1) is 9.06. The van der Waals surface area contributed by atoms with Crippen molar-refractivity contribution in [3.8, 4) is 5.75 Å². The summed E-state index contributed by atoms with van der Waals surface area (Å²) in [6.45, 7) is 1.64. The molecule has 0 N–H and O–H groups in total. The molecule has 2 nitrogen and oxygen atoms in total. The number of carbonyl (C=O) groups is 1. The van der Waals surface area contributed by atoms with E-state index in [1.807, 2.05) is 12.1 Å². The zero-order valence-electron chi connectivity index (χ0n) is 10.3. The monoisotopic (exact) mass is 278 g/mol. The molecule has 4 heteroatoms. The van der Waals surface area contributed by atoms with E-state index in [0.717, 1.165) is 5.56 Å². The maximum absolute atomic E-state index is 13.7. The summed E-state index contributed by atoms with van der Waals surface area (Å²) in [6.07, 6.45) is 0. The molecule has 0 saturated carbocycles. The van der Waals surface area contributed by atoms with Crippen LogP contribution in [0.2, 0.25) is 5.02 Å². The second-order valence-corrected chi connectivity index (χ2v) is 4.55. The highest BCUT2D eigenvalue weighted by Gasteiger charge is 2.07. The molecule has 0 spiro atoms. The molecule has 0 amide bonds. The first-order valence-corrected chi connectivity index (χ1v) is 6.12. The number of carbonyl (C=O) groups excluding carboxylic acids is 1. The van der Waals surface area contributed by atoms with Crippen LogP contribution < -0.4 is 4.74 Å². The van der Waals surface area contributed by atoms with Crippen molar-refractivity contribution in [3.63, 3.8) is 0 Å². The van der Waals surface area contributed by atoms with Crippen LogP contribution in [0.5, 0.6) is 5.75 Å². The summed E-state index contributed by atoms with van der Waals surface area (Å²) in [4.78, 5) is 11.1. The van der Waals surface area contributed by atoms with E-state index >= 15 is 0 Å². The molecule has 0 fully saturated rings. The van der Waals surface area contributed by atoms with Crippen LogP contribution in [0.1, 0.15) is 22.8 Å². The van der Waals surface area contributed by atoms with Crippen LogP contribution in [0.4, 0.5) is 4.39 Å². The normalized spacial score (nSPS) is 10.3. The molecule has 0 heterocycles.